The van der Waals surface area contributed by atoms with Crippen LogP contribution in [0.25, 0.3) is 11.0 Å². The van der Waals surface area contributed by atoms with Gasteiger partial charge in [-0.15, -0.1) is 0 Å². The van der Waals surface area contributed by atoms with Crippen molar-refractivity contribution in [3.8, 4) is 11.5 Å². The standard InChI is InChI=1S/C24H23N3O4S/c1-14(2)17-8-5-15(6-9-17)13-21-23(29)27-24(32-21)25-22(28)18(26-27)11-16-7-10-19(30-3)20(12-16)31-4/h5-10,12-14H,11H2,1-4H3/b21-13-. The SMILES string of the molecule is COc1ccc(Cc2nn3c(=O)/c(=C/c4ccc(C(C)C)cc4)sc3nc2=O)cc1OC. The lowest BCUT2D eigenvalue weighted by atomic mass is 10.0. The van der Waals surface area contributed by atoms with Crippen molar-refractivity contribution in [2.24, 2.45) is 0 Å². The van der Waals surface area contributed by atoms with Crippen molar-refractivity contribution >= 4 is 22.4 Å². The van der Waals surface area contributed by atoms with Crippen LogP contribution in [0.5, 0.6) is 11.5 Å². The van der Waals surface area contributed by atoms with E-state index >= 15 is 0 Å². The molecule has 0 aliphatic carbocycles. The van der Waals surface area contributed by atoms with Gasteiger partial charge < -0.3 is 9.47 Å². The van der Waals surface area contributed by atoms with E-state index in [9.17, 15) is 9.59 Å². The monoisotopic (exact) mass is 449 g/mol. The summed E-state index contributed by atoms with van der Waals surface area (Å²) in [5.41, 5.74) is 2.39. The zero-order chi connectivity index (χ0) is 22.8. The number of hydrogen-bond donors (Lipinski definition) is 0. The molecule has 4 aromatic rings. The van der Waals surface area contributed by atoms with Crippen LogP contribution in [0.2, 0.25) is 0 Å². The van der Waals surface area contributed by atoms with Crippen molar-refractivity contribution in [2.45, 2.75) is 26.2 Å². The predicted molar refractivity (Wildman–Crippen MR) is 125 cm³/mol. The van der Waals surface area contributed by atoms with Gasteiger partial charge in [-0.1, -0.05) is 55.5 Å². The average molecular weight is 450 g/mol. The second-order valence-corrected chi connectivity index (χ2v) is 8.67. The van der Waals surface area contributed by atoms with Crippen molar-refractivity contribution in [1.29, 1.82) is 0 Å². The molecule has 0 atom stereocenters. The lowest BCUT2D eigenvalue weighted by Gasteiger charge is -2.09. The van der Waals surface area contributed by atoms with Crippen LogP contribution < -0.4 is 25.1 Å². The second-order valence-electron chi connectivity index (χ2n) is 7.66. The van der Waals surface area contributed by atoms with E-state index in [-0.39, 0.29) is 22.6 Å². The fraction of sp³-hybridized carbons (Fsp3) is 0.250. The maximum absolute atomic E-state index is 12.9. The van der Waals surface area contributed by atoms with Crippen LogP contribution in [0.1, 0.15) is 42.1 Å². The molecule has 7 nitrogen and oxygen atoms in total. The first kappa shape index (κ1) is 21.7. The third-order valence-electron chi connectivity index (χ3n) is 5.17. The molecule has 32 heavy (non-hydrogen) atoms. The van der Waals surface area contributed by atoms with Gasteiger partial charge >= 0.3 is 0 Å². The molecule has 4 rings (SSSR count). The molecular weight excluding hydrogens is 426 g/mol. The Balaban J connectivity index is 1.72. The van der Waals surface area contributed by atoms with E-state index < -0.39 is 5.56 Å². The smallest absolute Gasteiger partial charge is 0.296 e. The highest BCUT2D eigenvalue weighted by atomic mass is 32.1. The first-order valence-corrected chi connectivity index (χ1v) is 11.0. The number of methoxy groups -OCH3 is 2. The minimum Gasteiger partial charge on any atom is -0.493 e. The van der Waals surface area contributed by atoms with Crippen molar-refractivity contribution < 1.29 is 9.47 Å². The first-order chi connectivity index (χ1) is 15.4. The van der Waals surface area contributed by atoms with Crippen molar-refractivity contribution in [3.05, 3.63) is 90.1 Å². The Bertz CT molecular complexity index is 1440. The third kappa shape index (κ3) is 4.27. The molecule has 0 fully saturated rings. The Morgan fingerprint density at radius 2 is 1.75 bits per heavy atom. The molecule has 0 aliphatic rings. The maximum Gasteiger partial charge on any atom is 0.296 e. The maximum atomic E-state index is 12.9. The van der Waals surface area contributed by atoms with Gasteiger partial charge in [-0.25, -0.2) is 0 Å². The lowest BCUT2D eigenvalue weighted by Crippen LogP contribution is -2.28. The van der Waals surface area contributed by atoms with Crippen molar-refractivity contribution in [3.63, 3.8) is 0 Å². The summed E-state index contributed by atoms with van der Waals surface area (Å²) in [6.45, 7) is 4.27. The number of aromatic nitrogens is 3. The minimum atomic E-state index is -0.450. The summed E-state index contributed by atoms with van der Waals surface area (Å²) < 4.78 is 12.2. The highest BCUT2D eigenvalue weighted by Crippen LogP contribution is 2.28. The zero-order valence-corrected chi connectivity index (χ0v) is 19.1. The van der Waals surface area contributed by atoms with E-state index in [1.54, 1.807) is 32.4 Å². The molecule has 2 aromatic carbocycles. The third-order valence-corrected chi connectivity index (χ3v) is 6.13. The van der Waals surface area contributed by atoms with Gasteiger partial charge in [0.2, 0.25) is 4.96 Å². The zero-order valence-electron chi connectivity index (χ0n) is 18.3. The van der Waals surface area contributed by atoms with E-state index in [4.69, 9.17) is 9.47 Å². The summed E-state index contributed by atoms with van der Waals surface area (Å²) in [6.07, 6.45) is 2.02. The normalized spacial score (nSPS) is 12.0. The molecule has 0 radical (unpaired) electrons. The number of rotatable bonds is 6. The highest BCUT2D eigenvalue weighted by Gasteiger charge is 2.13. The van der Waals surface area contributed by atoms with Crippen LogP contribution in [-0.4, -0.2) is 28.8 Å². The molecule has 8 heteroatoms. The molecule has 0 spiro atoms. The van der Waals surface area contributed by atoms with Gasteiger partial charge in [0.05, 0.1) is 18.8 Å². The molecule has 0 unspecified atom stereocenters. The summed E-state index contributed by atoms with van der Waals surface area (Å²) in [6, 6.07) is 13.4. The number of hydrogen-bond acceptors (Lipinski definition) is 7. The minimum absolute atomic E-state index is 0.192. The molecule has 0 saturated heterocycles. The van der Waals surface area contributed by atoms with Gasteiger partial charge in [-0.3, -0.25) is 9.59 Å². The van der Waals surface area contributed by atoms with E-state index in [0.717, 1.165) is 22.5 Å². The molecule has 0 N–H and O–H groups in total. The Morgan fingerprint density at radius 1 is 1.03 bits per heavy atom. The summed E-state index contributed by atoms with van der Waals surface area (Å²) >= 11 is 1.15. The van der Waals surface area contributed by atoms with E-state index in [0.29, 0.717) is 21.9 Å². The summed E-state index contributed by atoms with van der Waals surface area (Å²) in [5, 5.41) is 4.31. The summed E-state index contributed by atoms with van der Waals surface area (Å²) in [5.74, 6) is 1.59. The van der Waals surface area contributed by atoms with Gasteiger partial charge in [0, 0.05) is 6.42 Å². The van der Waals surface area contributed by atoms with Crippen LogP contribution in [0.4, 0.5) is 0 Å². The highest BCUT2D eigenvalue weighted by molar-refractivity contribution is 7.15. The summed E-state index contributed by atoms with van der Waals surface area (Å²) in [4.78, 5) is 29.8. The number of thiazole rings is 1. The van der Waals surface area contributed by atoms with Gasteiger partial charge in [0.1, 0.15) is 5.69 Å². The largest absolute Gasteiger partial charge is 0.493 e. The number of ether oxygens (including phenoxy) is 2. The summed E-state index contributed by atoms with van der Waals surface area (Å²) in [7, 11) is 3.11. The molecular formula is C24H23N3O4S. The number of benzene rings is 2. The molecule has 0 amide bonds. The quantitative estimate of drug-likeness (QED) is 0.450. The van der Waals surface area contributed by atoms with Crippen LogP contribution in [-0.2, 0) is 6.42 Å². The fourth-order valence-electron chi connectivity index (χ4n) is 3.36. The lowest BCUT2D eigenvalue weighted by molar-refractivity contribution is 0.354. The number of fused-ring (bicyclic) bond motifs is 1. The van der Waals surface area contributed by atoms with Crippen LogP contribution in [0.3, 0.4) is 0 Å². The van der Waals surface area contributed by atoms with Crippen LogP contribution >= 0.6 is 11.3 Å². The molecule has 2 heterocycles. The second kappa shape index (κ2) is 8.92. The average Bonchev–Trinajstić information content (AvgIpc) is 3.08. The predicted octanol–water partition coefficient (Wildman–Crippen LogP) is 2.79. The van der Waals surface area contributed by atoms with Gasteiger partial charge in [-0.05, 0) is 40.8 Å². The first-order valence-electron chi connectivity index (χ1n) is 10.1. The van der Waals surface area contributed by atoms with Gasteiger partial charge in [0.25, 0.3) is 11.1 Å². The van der Waals surface area contributed by atoms with Crippen LogP contribution in [0, 0.1) is 0 Å². The fourth-order valence-corrected chi connectivity index (χ4v) is 4.27. The molecule has 164 valence electrons. The molecule has 0 saturated carbocycles. The number of nitrogens with zero attached hydrogens (tertiary/aromatic N) is 3. The van der Waals surface area contributed by atoms with E-state index in [1.165, 1.54) is 10.1 Å². The Morgan fingerprint density at radius 3 is 2.41 bits per heavy atom. The Labute approximate surface area is 188 Å². The molecule has 2 aromatic heterocycles. The molecule has 0 bridgehead atoms. The van der Waals surface area contributed by atoms with Gasteiger partial charge in [0.15, 0.2) is 11.5 Å². The van der Waals surface area contributed by atoms with Crippen molar-refractivity contribution in [1.82, 2.24) is 14.6 Å². The topological polar surface area (TPSA) is 82.8 Å². The van der Waals surface area contributed by atoms with Crippen LogP contribution in [0.15, 0.2) is 52.1 Å². The van der Waals surface area contributed by atoms with Crippen molar-refractivity contribution in [2.75, 3.05) is 14.2 Å². The Kier molecular flexibility index (Phi) is 6.05. The van der Waals surface area contributed by atoms with E-state index in [2.05, 4.69) is 36.1 Å². The van der Waals surface area contributed by atoms with E-state index in [1.807, 2.05) is 18.2 Å². The Hall–Kier alpha value is -3.52. The molecule has 0 aliphatic heterocycles. The van der Waals surface area contributed by atoms with Gasteiger partial charge in [-0.2, -0.15) is 14.6 Å².